The van der Waals surface area contributed by atoms with Crippen LogP contribution in [-0.4, -0.2) is 45.0 Å². The molecule has 0 saturated carbocycles. The zero-order valence-corrected chi connectivity index (χ0v) is 13.9. The Labute approximate surface area is 144 Å². The second-order valence-electron chi connectivity index (χ2n) is 5.31. The zero-order valence-electron chi connectivity index (χ0n) is 13.9. The molecule has 8 heteroatoms. The van der Waals surface area contributed by atoms with Crippen LogP contribution in [-0.2, 0) is 14.3 Å². The normalized spacial score (nSPS) is 10.0. The summed E-state index contributed by atoms with van der Waals surface area (Å²) in [4.78, 5) is 36.8. The molecule has 1 aromatic heterocycles. The van der Waals surface area contributed by atoms with Gasteiger partial charge in [0.15, 0.2) is 12.4 Å². The Balaban J connectivity index is 1.70. The van der Waals surface area contributed by atoms with Crippen molar-refractivity contribution in [3.63, 3.8) is 0 Å². The minimum Gasteiger partial charge on any atom is -0.459 e. The summed E-state index contributed by atoms with van der Waals surface area (Å²) in [5.74, 6) is -1.64. The van der Waals surface area contributed by atoms with E-state index in [4.69, 9.17) is 9.15 Å². The Morgan fingerprint density at radius 3 is 2.44 bits per heavy atom. The summed E-state index contributed by atoms with van der Waals surface area (Å²) in [6.45, 7) is -0.796. The van der Waals surface area contributed by atoms with Gasteiger partial charge in [-0.05, 0) is 36.4 Å². The topological polar surface area (TPSA) is 101 Å². The molecule has 0 aliphatic carbocycles. The van der Waals surface area contributed by atoms with Gasteiger partial charge in [-0.3, -0.25) is 14.4 Å². The molecule has 0 bridgehead atoms. The fourth-order valence-corrected chi connectivity index (χ4v) is 1.88. The van der Waals surface area contributed by atoms with Gasteiger partial charge in [-0.15, -0.1) is 0 Å². The second-order valence-corrected chi connectivity index (χ2v) is 5.31. The lowest BCUT2D eigenvalue weighted by Crippen LogP contribution is -2.32. The number of benzene rings is 1. The van der Waals surface area contributed by atoms with Gasteiger partial charge in [0, 0.05) is 25.5 Å². The van der Waals surface area contributed by atoms with Crippen LogP contribution < -0.4 is 15.5 Å². The van der Waals surface area contributed by atoms with Gasteiger partial charge in [-0.25, -0.2) is 0 Å². The molecule has 0 atom stereocenters. The molecule has 1 aromatic carbocycles. The molecule has 0 fully saturated rings. The lowest BCUT2D eigenvalue weighted by molar-refractivity contribution is -0.146. The average molecular weight is 345 g/mol. The van der Waals surface area contributed by atoms with E-state index in [2.05, 4.69) is 10.6 Å². The van der Waals surface area contributed by atoms with Crippen molar-refractivity contribution in [2.45, 2.75) is 0 Å². The van der Waals surface area contributed by atoms with Gasteiger partial charge in [-0.1, -0.05) is 0 Å². The third-order valence-electron chi connectivity index (χ3n) is 3.17. The Kier molecular flexibility index (Phi) is 6.16. The largest absolute Gasteiger partial charge is 0.459 e. The van der Waals surface area contributed by atoms with E-state index in [1.165, 1.54) is 12.3 Å². The van der Waals surface area contributed by atoms with E-state index in [0.717, 1.165) is 5.69 Å². The van der Waals surface area contributed by atoms with Crippen LogP contribution in [0.15, 0.2) is 47.1 Å². The quantitative estimate of drug-likeness (QED) is 0.733. The first kappa shape index (κ1) is 18.1. The number of nitrogens with one attached hydrogen (secondary N) is 2. The lowest BCUT2D eigenvalue weighted by Gasteiger charge is -2.13. The van der Waals surface area contributed by atoms with Gasteiger partial charge >= 0.3 is 5.97 Å². The van der Waals surface area contributed by atoms with E-state index in [1.807, 2.05) is 31.1 Å². The number of ether oxygens (including phenoxy) is 1. The molecule has 0 radical (unpaired) electrons. The minimum atomic E-state index is -0.724. The number of anilines is 2. The number of amides is 2. The van der Waals surface area contributed by atoms with E-state index < -0.39 is 24.4 Å². The van der Waals surface area contributed by atoms with Gasteiger partial charge in [0.05, 0.1) is 6.26 Å². The Morgan fingerprint density at radius 1 is 1.12 bits per heavy atom. The predicted octanol–water partition coefficient (Wildman–Crippen LogP) is 1.26. The fourth-order valence-electron chi connectivity index (χ4n) is 1.88. The molecule has 2 amide bonds. The summed E-state index contributed by atoms with van der Waals surface area (Å²) in [5.41, 5.74) is 1.59. The molecule has 2 aromatic rings. The van der Waals surface area contributed by atoms with Gasteiger partial charge in [0.2, 0.25) is 0 Å². The summed E-state index contributed by atoms with van der Waals surface area (Å²) in [5, 5.41) is 4.95. The fraction of sp³-hybridized carbons (Fsp3) is 0.235. The van der Waals surface area contributed by atoms with Gasteiger partial charge in [-0.2, -0.15) is 0 Å². The molecule has 1 heterocycles. The van der Waals surface area contributed by atoms with E-state index in [1.54, 1.807) is 18.2 Å². The molecular weight excluding hydrogens is 326 g/mol. The van der Waals surface area contributed by atoms with Crippen LogP contribution in [0, 0.1) is 0 Å². The first-order chi connectivity index (χ1) is 12.0. The number of carbonyl (C=O) groups excluding carboxylic acids is 3. The third-order valence-corrected chi connectivity index (χ3v) is 3.17. The summed E-state index contributed by atoms with van der Waals surface area (Å²) < 4.78 is 9.69. The van der Waals surface area contributed by atoms with Gasteiger partial charge < -0.3 is 24.7 Å². The molecule has 2 rings (SSSR count). The molecule has 0 aliphatic rings. The standard InChI is InChI=1S/C17H19N3O5/c1-20(2)13-7-5-12(6-8-13)19-15(21)11-25-16(22)10-18-17(23)14-4-3-9-24-14/h3-9H,10-11H2,1-2H3,(H,18,23)(H,19,21). The highest BCUT2D eigenvalue weighted by atomic mass is 16.5. The van der Waals surface area contributed by atoms with Crippen molar-refractivity contribution in [3.8, 4) is 0 Å². The smallest absolute Gasteiger partial charge is 0.325 e. The molecule has 0 saturated heterocycles. The molecule has 8 nitrogen and oxygen atoms in total. The van der Waals surface area contributed by atoms with Crippen LogP contribution in [0.25, 0.3) is 0 Å². The molecule has 2 N–H and O–H groups in total. The molecule has 0 aliphatic heterocycles. The number of rotatable bonds is 7. The Hall–Kier alpha value is -3.29. The van der Waals surface area contributed by atoms with E-state index in [-0.39, 0.29) is 12.3 Å². The summed E-state index contributed by atoms with van der Waals surface area (Å²) >= 11 is 0. The van der Waals surface area contributed by atoms with E-state index in [9.17, 15) is 14.4 Å². The lowest BCUT2D eigenvalue weighted by atomic mass is 10.2. The van der Waals surface area contributed by atoms with Gasteiger partial charge in [0.25, 0.3) is 11.8 Å². The highest BCUT2D eigenvalue weighted by Crippen LogP contribution is 2.15. The number of hydrogen-bond donors (Lipinski definition) is 2. The van der Waals surface area contributed by atoms with Crippen LogP contribution in [0.5, 0.6) is 0 Å². The highest BCUT2D eigenvalue weighted by molar-refractivity contribution is 5.95. The van der Waals surface area contributed by atoms with Crippen LogP contribution in [0.4, 0.5) is 11.4 Å². The maximum Gasteiger partial charge on any atom is 0.325 e. The first-order valence-corrected chi connectivity index (χ1v) is 7.50. The average Bonchev–Trinajstić information content (AvgIpc) is 3.13. The number of esters is 1. The van der Waals surface area contributed by atoms with Crippen LogP contribution >= 0.6 is 0 Å². The predicted molar refractivity (Wildman–Crippen MR) is 91.4 cm³/mol. The van der Waals surface area contributed by atoms with Crippen molar-refractivity contribution >= 4 is 29.2 Å². The molecule has 132 valence electrons. The van der Waals surface area contributed by atoms with Crippen molar-refractivity contribution in [3.05, 3.63) is 48.4 Å². The number of furan rings is 1. The van der Waals surface area contributed by atoms with Crippen molar-refractivity contribution in [2.24, 2.45) is 0 Å². The minimum absolute atomic E-state index is 0.0896. The van der Waals surface area contributed by atoms with Crippen LogP contribution in [0.2, 0.25) is 0 Å². The van der Waals surface area contributed by atoms with Crippen molar-refractivity contribution in [1.29, 1.82) is 0 Å². The summed E-state index contributed by atoms with van der Waals surface area (Å²) in [6.07, 6.45) is 1.35. The molecule has 25 heavy (non-hydrogen) atoms. The monoisotopic (exact) mass is 345 g/mol. The highest BCUT2D eigenvalue weighted by Gasteiger charge is 2.12. The summed E-state index contributed by atoms with van der Waals surface area (Å²) in [6, 6.07) is 10.2. The van der Waals surface area contributed by atoms with E-state index in [0.29, 0.717) is 5.69 Å². The number of hydrogen-bond acceptors (Lipinski definition) is 6. The van der Waals surface area contributed by atoms with Crippen LogP contribution in [0.1, 0.15) is 10.6 Å². The van der Waals surface area contributed by atoms with Crippen molar-refractivity contribution < 1.29 is 23.5 Å². The van der Waals surface area contributed by atoms with Crippen LogP contribution in [0.3, 0.4) is 0 Å². The second kappa shape index (κ2) is 8.53. The Morgan fingerprint density at radius 2 is 1.84 bits per heavy atom. The molecule has 0 spiro atoms. The Bertz CT molecular complexity index is 723. The molecule has 0 unspecified atom stereocenters. The van der Waals surface area contributed by atoms with Crippen molar-refractivity contribution in [1.82, 2.24) is 5.32 Å². The first-order valence-electron chi connectivity index (χ1n) is 7.50. The van der Waals surface area contributed by atoms with E-state index >= 15 is 0 Å². The zero-order chi connectivity index (χ0) is 18.2. The number of nitrogens with zero attached hydrogens (tertiary/aromatic N) is 1. The number of carbonyl (C=O) groups is 3. The maximum absolute atomic E-state index is 11.8. The summed E-state index contributed by atoms with van der Waals surface area (Å²) in [7, 11) is 3.83. The third kappa shape index (κ3) is 5.69. The van der Waals surface area contributed by atoms with Gasteiger partial charge in [0.1, 0.15) is 6.54 Å². The molecular formula is C17H19N3O5. The maximum atomic E-state index is 11.8. The SMILES string of the molecule is CN(C)c1ccc(NC(=O)COC(=O)CNC(=O)c2ccco2)cc1. The van der Waals surface area contributed by atoms with Crippen molar-refractivity contribution in [2.75, 3.05) is 37.5 Å².